The Balaban J connectivity index is 1.38. The van der Waals surface area contributed by atoms with Gasteiger partial charge in [-0.3, -0.25) is 14.2 Å². The number of nitrogens with one attached hydrogen (secondary N) is 2. The van der Waals surface area contributed by atoms with Gasteiger partial charge in [-0.05, 0) is 43.5 Å². The van der Waals surface area contributed by atoms with Gasteiger partial charge in [-0.15, -0.1) is 0 Å². The zero-order chi connectivity index (χ0) is 29.1. The van der Waals surface area contributed by atoms with Crippen LogP contribution in [0.15, 0.2) is 47.8 Å². The molecular weight excluding hydrogens is 557 g/mol. The van der Waals surface area contributed by atoms with Gasteiger partial charge in [-0.2, -0.15) is 5.10 Å². The molecule has 1 aliphatic heterocycles. The van der Waals surface area contributed by atoms with Gasteiger partial charge in [-0.1, -0.05) is 11.6 Å². The minimum absolute atomic E-state index is 0.181. The van der Waals surface area contributed by atoms with Crippen LogP contribution < -0.4 is 20.9 Å². The number of fused-ring (bicyclic) bond motifs is 1. The maximum atomic E-state index is 14.0. The first-order chi connectivity index (χ1) is 19.8. The fraction of sp³-hybridized carbons (Fsp3) is 0.370. The molecule has 0 radical (unpaired) electrons. The summed E-state index contributed by atoms with van der Waals surface area (Å²) in [6.45, 7) is 2.36. The second-order valence-corrected chi connectivity index (χ2v) is 10.1. The summed E-state index contributed by atoms with van der Waals surface area (Å²) in [5, 5.41) is 20.4. The molecule has 2 atom stereocenters. The van der Waals surface area contributed by atoms with Gasteiger partial charge in [0.2, 0.25) is 11.9 Å². The van der Waals surface area contributed by atoms with E-state index in [1.165, 1.54) is 53.8 Å². The van der Waals surface area contributed by atoms with E-state index in [2.05, 4.69) is 25.7 Å². The molecule has 14 heteroatoms. The van der Waals surface area contributed by atoms with E-state index < -0.39 is 36.0 Å². The molecule has 0 aliphatic carbocycles. The minimum atomic E-state index is -0.999. The van der Waals surface area contributed by atoms with Crippen molar-refractivity contribution in [3.8, 4) is 17.0 Å². The maximum absolute atomic E-state index is 14.0. The Morgan fingerprint density at radius 2 is 2.07 bits per heavy atom. The quantitative estimate of drug-likeness (QED) is 0.270. The van der Waals surface area contributed by atoms with Crippen molar-refractivity contribution in [3.05, 3.63) is 69.7 Å². The summed E-state index contributed by atoms with van der Waals surface area (Å²) in [6.07, 6.45) is 6.04. The van der Waals surface area contributed by atoms with Gasteiger partial charge in [0.25, 0.3) is 5.56 Å². The van der Waals surface area contributed by atoms with Gasteiger partial charge in [-0.25, -0.2) is 18.9 Å². The highest BCUT2D eigenvalue weighted by Crippen LogP contribution is 2.28. The van der Waals surface area contributed by atoms with Crippen LogP contribution in [0.4, 0.5) is 10.3 Å². The molecule has 41 heavy (non-hydrogen) atoms. The molecule has 4 aromatic rings. The van der Waals surface area contributed by atoms with Crippen molar-refractivity contribution in [1.82, 2.24) is 29.5 Å². The molecule has 0 bridgehead atoms. The van der Waals surface area contributed by atoms with Crippen molar-refractivity contribution in [3.63, 3.8) is 0 Å². The van der Waals surface area contributed by atoms with E-state index in [1.54, 1.807) is 12.3 Å². The van der Waals surface area contributed by atoms with Crippen molar-refractivity contribution in [2.24, 2.45) is 0 Å². The summed E-state index contributed by atoms with van der Waals surface area (Å²) in [7, 11) is 1.39. The Kier molecular flexibility index (Phi) is 8.47. The summed E-state index contributed by atoms with van der Waals surface area (Å²) >= 11 is 6.42. The third-order valence-electron chi connectivity index (χ3n) is 6.95. The highest BCUT2D eigenvalue weighted by Gasteiger charge is 2.23. The van der Waals surface area contributed by atoms with Gasteiger partial charge >= 0.3 is 0 Å². The minimum Gasteiger partial charge on any atom is -0.497 e. The summed E-state index contributed by atoms with van der Waals surface area (Å²) < 4.78 is 27.0. The fourth-order valence-electron chi connectivity index (χ4n) is 4.63. The second kappa shape index (κ2) is 12.2. The largest absolute Gasteiger partial charge is 0.497 e. The third kappa shape index (κ3) is 6.16. The number of ether oxygens (including phenoxy) is 2. The lowest BCUT2D eigenvalue weighted by Crippen LogP contribution is -2.39. The van der Waals surface area contributed by atoms with Crippen molar-refractivity contribution in [1.29, 1.82) is 0 Å². The van der Waals surface area contributed by atoms with Crippen LogP contribution >= 0.6 is 11.6 Å². The first-order valence-electron chi connectivity index (χ1n) is 13.0. The molecule has 216 valence electrons. The van der Waals surface area contributed by atoms with Crippen molar-refractivity contribution in [2.45, 2.75) is 37.9 Å². The number of hydrogen-bond acceptors (Lipinski definition) is 9. The van der Waals surface area contributed by atoms with Crippen LogP contribution in [0.2, 0.25) is 5.02 Å². The molecule has 3 aromatic heterocycles. The maximum Gasteiger partial charge on any atom is 0.278 e. The molecule has 0 spiro atoms. The standard InChI is InChI=1S/C27H29ClFN7O5/c1-15(25(38)33-22(13-37)16-7-18(29)10-20(8-16)40-2)35-14-31-36-12-17(9-23(36)26(35)39)24-21(28)11-30-27(34-24)32-19-3-5-41-6-4-19/h7-12,14-15,19,22,37H,3-6,13H2,1-2H3,(H,33,38)(H,30,32,34)/t15-,22?/m1/s1. The van der Waals surface area contributed by atoms with Crippen LogP contribution in [0.25, 0.3) is 16.8 Å². The number of benzene rings is 1. The van der Waals surface area contributed by atoms with Gasteiger partial charge in [0.05, 0.1) is 36.7 Å². The summed E-state index contributed by atoms with van der Waals surface area (Å²) in [5.74, 6) is -0.497. The van der Waals surface area contributed by atoms with E-state index in [1.807, 2.05) is 0 Å². The highest BCUT2D eigenvalue weighted by atomic mass is 35.5. The van der Waals surface area contributed by atoms with Crippen molar-refractivity contribution >= 4 is 29.0 Å². The normalized spacial score (nSPS) is 15.4. The predicted octanol–water partition coefficient (Wildman–Crippen LogP) is 2.76. The summed E-state index contributed by atoms with van der Waals surface area (Å²) in [6, 6.07) is 3.75. The van der Waals surface area contributed by atoms with E-state index >= 15 is 0 Å². The number of rotatable bonds is 9. The van der Waals surface area contributed by atoms with Gasteiger partial charge in [0, 0.05) is 37.1 Å². The van der Waals surface area contributed by atoms with Crippen LogP contribution in [0.1, 0.15) is 37.4 Å². The zero-order valence-corrected chi connectivity index (χ0v) is 23.1. The van der Waals surface area contributed by atoms with Crippen LogP contribution in [-0.2, 0) is 9.53 Å². The average Bonchev–Trinajstić information content (AvgIpc) is 3.42. The number of halogens is 2. The highest BCUT2D eigenvalue weighted by molar-refractivity contribution is 6.32. The summed E-state index contributed by atoms with van der Waals surface area (Å²) in [5.41, 5.74) is 1.01. The topological polar surface area (TPSA) is 145 Å². The SMILES string of the molecule is COc1cc(F)cc(C(CO)NC(=O)[C@@H](C)n2cnn3cc(-c4nc(NC5CCOCC5)ncc4Cl)cc3c2=O)c1. The Hall–Kier alpha value is -4.07. The molecular formula is C27H29ClFN7O5. The number of nitrogens with zero attached hydrogens (tertiary/aromatic N) is 5. The zero-order valence-electron chi connectivity index (χ0n) is 22.4. The molecule has 1 amide bonds. The van der Waals surface area contributed by atoms with E-state index in [4.69, 9.17) is 21.1 Å². The molecule has 12 nitrogen and oxygen atoms in total. The molecule has 1 unspecified atom stereocenters. The van der Waals surface area contributed by atoms with Crippen LogP contribution in [0, 0.1) is 5.82 Å². The second-order valence-electron chi connectivity index (χ2n) is 9.67. The van der Waals surface area contributed by atoms with E-state index in [0.29, 0.717) is 41.0 Å². The molecule has 0 saturated carbocycles. The molecule has 1 aromatic carbocycles. The summed E-state index contributed by atoms with van der Waals surface area (Å²) in [4.78, 5) is 35.3. The third-order valence-corrected chi connectivity index (χ3v) is 7.23. The number of carbonyl (C=O) groups is 1. The Bertz CT molecular complexity index is 1620. The molecule has 1 aliphatic rings. The van der Waals surface area contributed by atoms with Crippen LogP contribution in [0.5, 0.6) is 5.75 Å². The van der Waals surface area contributed by atoms with E-state index in [9.17, 15) is 19.1 Å². The van der Waals surface area contributed by atoms with Crippen molar-refractivity contribution < 1.29 is 23.8 Å². The van der Waals surface area contributed by atoms with Crippen LogP contribution in [0.3, 0.4) is 0 Å². The smallest absolute Gasteiger partial charge is 0.278 e. The Labute approximate surface area is 239 Å². The number of amides is 1. The van der Waals surface area contributed by atoms with Gasteiger partial charge in [0.15, 0.2) is 0 Å². The van der Waals surface area contributed by atoms with Gasteiger partial charge < -0.3 is 25.2 Å². The van der Waals surface area contributed by atoms with Crippen molar-refractivity contribution in [2.75, 3.05) is 32.2 Å². The number of carbonyl (C=O) groups excluding carboxylic acids is 1. The number of aliphatic hydroxyl groups excluding tert-OH is 1. The first-order valence-corrected chi connectivity index (χ1v) is 13.4. The van der Waals surface area contributed by atoms with Gasteiger partial charge in [0.1, 0.15) is 29.5 Å². The number of hydrogen-bond donors (Lipinski definition) is 3. The Morgan fingerprint density at radius 3 is 2.80 bits per heavy atom. The molecule has 5 rings (SSSR count). The lowest BCUT2D eigenvalue weighted by atomic mass is 10.1. The van der Waals surface area contributed by atoms with E-state index in [-0.39, 0.29) is 17.3 Å². The number of anilines is 1. The number of aromatic nitrogens is 5. The lowest BCUT2D eigenvalue weighted by molar-refractivity contribution is -0.125. The number of aliphatic hydroxyl groups is 1. The molecule has 3 N–H and O–H groups in total. The molecule has 1 saturated heterocycles. The predicted molar refractivity (Wildman–Crippen MR) is 149 cm³/mol. The number of methoxy groups -OCH3 is 1. The lowest BCUT2D eigenvalue weighted by Gasteiger charge is -2.23. The van der Waals surface area contributed by atoms with E-state index in [0.717, 1.165) is 12.8 Å². The first kappa shape index (κ1) is 28.5. The molecule has 1 fully saturated rings. The average molecular weight is 586 g/mol. The molecule has 4 heterocycles. The Morgan fingerprint density at radius 1 is 1.29 bits per heavy atom. The fourth-order valence-corrected chi connectivity index (χ4v) is 4.83. The van der Waals surface area contributed by atoms with Crippen LogP contribution in [-0.4, -0.2) is 68.1 Å². The monoisotopic (exact) mass is 585 g/mol.